The van der Waals surface area contributed by atoms with Gasteiger partial charge in [-0.25, -0.2) is 19.0 Å². The number of aromatic nitrogens is 5. The van der Waals surface area contributed by atoms with Crippen molar-refractivity contribution in [2.45, 2.75) is 0 Å². The molecule has 3 aromatic heterocycles. The summed E-state index contributed by atoms with van der Waals surface area (Å²) in [5.74, 6) is 1.36. The van der Waals surface area contributed by atoms with Crippen molar-refractivity contribution in [3.05, 3.63) is 55.2 Å². The number of rotatable bonds is 5. The van der Waals surface area contributed by atoms with Gasteiger partial charge in [-0.2, -0.15) is 5.10 Å². The molecule has 0 radical (unpaired) electrons. The van der Waals surface area contributed by atoms with Crippen molar-refractivity contribution in [1.29, 1.82) is 0 Å². The highest BCUT2D eigenvalue weighted by atomic mass is 19.1. The van der Waals surface area contributed by atoms with Crippen molar-refractivity contribution >= 4 is 10.9 Å². The van der Waals surface area contributed by atoms with E-state index in [1.54, 1.807) is 17.2 Å². The molecule has 0 saturated carbocycles. The van der Waals surface area contributed by atoms with Crippen molar-refractivity contribution in [3.8, 4) is 22.8 Å². The number of hydrogen-bond donors (Lipinski definition) is 1. The first-order valence-electron chi connectivity index (χ1n) is 7.46. The van der Waals surface area contributed by atoms with E-state index in [0.717, 1.165) is 22.2 Å². The molecule has 7 heteroatoms. The molecule has 0 aliphatic rings. The lowest BCUT2D eigenvalue weighted by Crippen LogP contribution is -1.97. The third-order valence-corrected chi connectivity index (χ3v) is 3.65. The second-order valence-electron chi connectivity index (χ2n) is 5.21. The van der Waals surface area contributed by atoms with Gasteiger partial charge in [-0.05, 0) is 36.4 Å². The molecule has 0 bridgehead atoms. The zero-order valence-corrected chi connectivity index (χ0v) is 12.7. The first-order valence-corrected chi connectivity index (χ1v) is 7.46. The lowest BCUT2D eigenvalue weighted by Gasteiger charge is -2.02. The number of halogens is 1. The van der Waals surface area contributed by atoms with Gasteiger partial charge in [0.15, 0.2) is 5.82 Å². The molecular formula is C17H14FN5O. The van der Waals surface area contributed by atoms with Crippen LogP contribution in [0.2, 0.25) is 0 Å². The van der Waals surface area contributed by atoms with E-state index >= 15 is 0 Å². The third-order valence-electron chi connectivity index (χ3n) is 3.65. The van der Waals surface area contributed by atoms with E-state index in [-0.39, 0.29) is 6.61 Å². The van der Waals surface area contributed by atoms with Gasteiger partial charge in [0.1, 0.15) is 31.7 Å². The Kier molecular flexibility index (Phi) is 3.66. The van der Waals surface area contributed by atoms with E-state index in [4.69, 9.17) is 4.74 Å². The fraction of sp³-hybridized carbons (Fsp3) is 0.118. The lowest BCUT2D eigenvalue weighted by atomic mass is 10.2. The molecule has 4 aromatic rings. The number of fused-ring (bicyclic) bond motifs is 1. The van der Waals surface area contributed by atoms with Crippen LogP contribution in [-0.2, 0) is 0 Å². The van der Waals surface area contributed by atoms with Crippen molar-refractivity contribution in [3.63, 3.8) is 0 Å². The van der Waals surface area contributed by atoms with Crippen LogP contribution in [0.25, 0.3) is 28.0 Å². The maximum atomic E-state index is 12.2. The average molecular weight is 323 g/mol. The number of nitrogens with one attached hydrogen (secondary N) is 1. The molecule has 120 valence electrons. The highest BCUT2D eigenvalue weighted by Crippen LogP contribution is 2.27. The second kappa shape index (κ2) is 6.11. The van der Waals surface area contributed by atoms with Gasteiger partial charge < -0.3 is 9.72 Å². The first kappa shape index (κ1) is 14.4. The maximum Gasteiger partial charge on any atom is 0.155 e. The monoisotopic (exact) mass is 323 g/mol. The molecule has 0 amide bonds. The normalized spacial score (nSPS) is 11.0. The van der Waals surface area contributed by atoms with Gasteiger partial charge in [0.05, 0.1) is 0 Å². The summed E-state index contributed by atoms with van der Waals surface area (Å²) in [4.78, 5) is 11.7. The van der Waals surface area contributed by atoms with Crippen molar-refractivity contribution in [2.24, 2.45) is 0 Å². The molecule has 0 unspecified atom stereocenters. The summed E-state index contributed by atoms with van der Waals surface area (Å²) in [5, 5.41) is 5.05. The molecule has 1 N–H and O–H groups in total. The van der Waals surface area contributed by atoms with Crippen LogP contribution in [0.4, 0.5) is 4.39 Å². The van der Waals surface area contributed by atoms with Gasteiger partial charge >= 0.3 is 0 Å². The zero-order valence-electron chi connectivity index (χ0n) is 12.7. The minimum absolute atomic E-state index is 0.0659. The standard InChI is InChI=1S/C17H14FN5O/c18-5-6-24-14-2-3-15-13(7-14)8-16(22-15)12-1-4-17(20-9-12)23-11-19-10-21-23/h1-4,7-11,22H,5-6H2. The fourth-order valence-corrected chi connectivity index (χ4v) is 2.52. The average Bonchev–Trinajstić information content (AvgIpc) is 3.29. The van der Waals surface area contributed by atoms with Gasteiger partial charge in [-0.15, -0.1) is 0 Å². The van der Waals surface area contributed by atoms with Gasteiger partial charge in [0.25, 0.3) is 0 Å². The van der Waals surface area contributed by atoms with Crippen LogP contribution in [0.3, 0.4) is 0 Å². The molecule has 6 nitrogen and oxygen atoms in total. The Labute approximate surface area is 136 Å². The van der Waals surface area contributed by atoms with E-state index in [1.807, 2.05) is 36.4 Å². The summed E-state index contributed by atoms with van der Waals surface area (Å²) in [5.41, 5.74) is 2.89. The minimum Gasteiger partial charge on any atom is -0.491 e. The van der Waals surface area contributed by atoms with Crippen LogP contribution >= 0.6 is 0 Å². The molecule has 0 fully saturated rings. The van der Waals surface area contributed by atoms with E-state index in [2.05, 4.69) is 20.1 Å². The van der Waals surface area contributed by atoms with E-state index in [0.29, 0.717) is 11.6 Å². The summed E-state index contributed by atoms with van der Waals surface area (Å²) in [6.07, 6.45) is 4.85. The SMILES string of the molecule is FCCOc1ccc2[nH]c(-c3ccc(-n4cncn4)nc3)cc2c1. The number of nitrogens with zero attached hydrogens (tertiary/aromatic N) is 4. The Bertz CT molecular complexity index is 947. The smallest absolute Gasteiger partial charge is 0.155 e. The molecule has 0 saturated heterocycles. The van der Waals surface area contributed by atoms with Gasteiger partial charge in [0.2, 0.25) is 0 Å². The van der Waals surface area contributed by atoms with Crippen molar-refractivity contribution < 1.29 is 9.13 Å². The third kappa shape index (κ3) is 2.71. The van der Waals surface area contributed by atoms with Gasteiger partial charge in [-0.3, -0.25) is 0 Å². The van der Waals surface area contributed by atoms with Gasteiger partial charge in [-0.1, -0.05) is 0 Å². The number of aromatic amines is 1. The van der Waals surface area contributed by atoms with Gasteiger partial charge in [0, 0.05) is 28.4 Å². The van der Waals surface area contributed by atoms with Crippen LogP contribution in [0.1, 0.15) is 0 Å². The molecule has 1 aromatic carbocycles. The number of pyridine rings is 1. The number of hydrogen-bond acceptors (Lipinski definition) is 4. The van der Waals surface area contributed by atoms with Crippen molar-refractivity contribution in [2.75, 3.05) is 13.3 Å². The predicted molar refractivity (Wildman–Crippen MR) is 87.9 cm³/mol. The quantitative estimate of drug-likeness (QED) is 0.612. The Morgan fingerprint density at radius 1 is 1.17 bits per heavy atom. The molecule has 4 rings (SSSR count). The summed E-state index contributed by atoms with van der Waals surface area (Å²) in [6, 6.07) is 11.5. The number of ether oxygens (including phenoxy) is 1. The number of H-pyrrole nitrogens is 1. The first-order chi connectivity index (χ1) is 11.8. The number of benzene rings is 1. The van der Waals surface area contributed by atoms with Crippen LogP contribution in [0.15, 0.2) is 55.2 Å². The van der Waals surface area contributed by atoms with Crippen molar-refractivity contribution in [1.82, 2.24) is 24.7 Å². The molecule has 0 spiro atoms. The molecule has 0 aliphatic heterocycles. The summed E-state index contributed by atoms with van der Waals surface area (Å²) < 4.78 is 19.1. The fourth-order valence-electron chi connectivity index (χ4n) is 2.52. The zero-order chi connectivity index (χ0) is 16.4. The molecule has 0 aliphatic carbocycles. The lowest BCUT2D eigenvalue weighted by molar-refractivity contribution is 0.273. The maximum absolute atomic E-state index is 12.2. The Morgan fingerprint density at radius 3 is 2.88 bits per heavy atom. The minimum atomic E-state index is -0.500. The van der Waals surface area contributed by atoms with Crippen LogP contribution in [0.5, 0.6) is 5.75 Å². The van der Waals surface area contributed by atoms with Crippen LogP contribution < -0.4 is 4.74 Å². The largest absolute Gasteiger partial charge is 0.491 e. The highest BCUT2D eigenvalue weighted by molar-refractivity contribution is 5.86. The topological polar surface area (TPSA) is 68.6 Å². The summed E-state index contributed by atoms with van der Waals surface area (Å²) >= 11 is 0. The predicted octanol–water partition coefficient (Wildman–Crippen LogP) is 3.16. The number of alkyl halides is 1. The molecular weight excluding hydrogens is 309 g/mol. The molecule has 3 heterocycles. The second-order valence-corrected chi connectivity index (χ2v) is 5.21. The highest BCUT2D eigenvalue weighted by Gasteiger charge is 2.06. The van der Waals surface area contributed by atoms with E-state index in [1.165, 1.54) is 6.33 Å². The van der Waals surface area contributed by atoms with Crippen LogP contribution in [0, 0.1) is 0 Å². The van der Waals surface area contributed by atoms with Crippen LogP contribution in [-0.4, -0.2) is 38.0 Å². The summed E-state index contributed by atoms with van der Waals surface area (Å²) in [7, 11) is 0. The Morgan fingerprint density at radius 2 is 2.12 bits per heavy atom. The van der Waals surface area contributed by atoms with E-state index in [9.17, 15) is 4.39 Å². The Hall–Kier alpha value is -3.22. The molecule has 24 heavy (non-hydrogen) atoms. The summed E-state index contributed by atoms with van der Waals surface area (Å²) in [6.45, 7) is -0.434. The van der Waals surface area contributed by atoms with E-state index < -0.39 is 6.67 Å². The Balaban J connectivity index is 1.63. The molecule has 0 atom stereocenters.